The van der Waals surface area contributed by atoms with E-state index < -0.39 is 24.5 Å². The maximum atomic E-state index is 12.3. The first-order chi connectivity index (χ1) is 13.3. The van der Waals surface area contributed by atoms with Crippen molar-refractivity contribution in [2.75, 3.05) is 18.5 Å². The summed E-state index contributed by atoms with van der Waals surface area (Å²) < 4.78 is 10.0. The molecule has 1 heterocycles. The number of aromatic amines is 1. The van der Waals surface area contributed by atoms with E-state index in [0.717, 1.165) is 0 Å². The lowest BCUT2D eigenvalue weighted by atomic mass is 10.1. The Morgan fingerprint density at radius 3 is 2.36 bits per heavy atom. The Hall–Kier alpha value is -3.42. The Bertz CT molecular complexity index is 929. The number of carbonyl (C=O) groups is 4. The SMILES string of the molecule is CCOC(=O)c1c(C)[nH]c(C(=O)OCC(=O)Nc2ccccc2C(C)=O)c1C. The number of Topliss-reactive ketones (excluding diaryl/α,β-unsaturated/α-hetero) is 1. The van der Waals surface area contributed by atoms with Gasteiger partial charge in [0, 0.05) is 11.3 Å². The molecule has 0 radical (unpaired) electrons. The van der Waals surface area contributed by atoms with Crippen LogP contribution in [0.5, 0.6) is 0 Å². The third-order valence-electron chi connectivity index (χ3n) is 4.04. The number of carbonyl (C=O) groups excluding carboxylic acids is 4. The van der Waals surface area contributed by atoms with Crippen LogP contribution in [0.4, 0.5) is 5.69 Å². The fourth-order valence-corrected chi connectivity index (χ4v) is 2.75. The van der Waals surface area contributed by atoms with Crippen LogP contribution in [-0.2, 0) is 14.3 Å². The molecule has 0 aliphatic carbocycles. The number of esters is 2. The number of benzene rings is 1. The van der Waals surface area contributed by atoms with Crippen LogP contribution in [0.25, 0.3) is 0 Å². The van der Waals surface area contributed by atoms with Gasteiger partial charge in [-0.15, -0.1) is 0 Å². The lowest BCUT2D eigenvalue weighted by Crippen LogP contribution is -2.22. The van der Waals surface area contributed by atoms with Gasteiger partial charge in [-0.2, -0.15) is 0 Å². The van der Waals surface area contributed by atoms with Gasteiger partial charge in [-0.1, -0.05) is 12.1 Å². The third-order valence-corrected chi connectivity index (χ3v) is 4.04. The van der Waals surface area contributed by atoms with Crippen molar-refractivity contribution in [2.45, 2.75) is 27.7 Å². The predicted octanol–water partition coefficient (Wildman–Crippen LogP) is 2.81. The van der Waals surface area contributed by atoms with Gasteiger partial charge in [-0.3, -0.25) is 9.59 Å². The summed E-state index contributed by atoms with van der Waals surface area (Å²) in [5, 5.41) is 2.54. The lowest BCUT2D eigenvalue weighted by Gasteiger charge is -2.09. The average Bonchev–Trinajstić information content (AvgIpc) is 2.94. The Kier molecular flexibility index (Phi) is 6.70. The number of hydrogen-bond donors (Lipinski definition) is 2. The van der Waals surface area contributed by atoms with Crippen molar-refractivity contribution in [1.29, 1.82) is 0 Å². The number of hydrogen-bond acceptors (Lipinski definition) is 6. The summed E-state index contributed by atoms with van der Waals surface area (Å²) in [5.74, 6) is -2.09. The summed E-state index contributed by atoms with van der Waals surface area (Å²) in [6.07, 6.45) is 0. The van der Waals surface area contributed by atoms with Gasteiger partial charge in [0.25, 0.3) is 5.91 Å². The zero-order valence-electron chi connectivity index (χ0n) is 16.2. The quantitative estimate of drug-likeness (QED) is 0.559. The molecule has 1 aromatic carbocycles. The first-order valence-corrected chi connectivity index (χ1v) is 8.69. The molecule has 0 bridgehead atoms. The van der Waals surface area contributed by atoms with E-state index in [2.05, 4.69) is 10.3 Å². The first kappa shape index (κ1) is 20.9. The molecule has 0 saturated heterocycles. The Balaban J connectivity index is 2.05. The minimum absolute atomic E-state index is 0.0810. The number of H-pyrrole nitrogens is 1. The molecule has 0 unspecified atom stereocenters. The number of aromatic nitrogens is 1. The normalized spacial score (nSPS) is 10.3. The van der Waals surface area contributed by atoms with E-state index in [-0.39, 0.29) is 23.6 Å². The zero-order chi connectivity index (χ0) is 20.8. The van der Waals surface area contributed by atoms with E-state index in [1.807, 2.05) is 0 Å². The van der Waals surface area contributed by atoms with Crippen LogP contribution < -0.4 is 5.32 Å². The van der Waals surface area contributed by atoms with E-state index in [1.165, 1.54) is 6.92 Å². The number of ketones is 1. The van der Waals surface area contributed by atoms with Crippen LogP contribution in [0.2, 0.25) is 0 Å². The van der Waals surface area contributed by atoms with Gasteiger partial charge < -0.3 is 19.8 Å². The minimum Gasteiger partial charge on any atom is -0.462 e. The molecule has 0 fully saturated rings. The number of aryl methyl sites for hydroxylation is 1. The van der Waals surface area contributed by atoms with E-state index in [0.29, 0.717) is 22.5 Å². The molecule has 2 rings (SSSR count). The monoisotopic (exact) mass is 386 g/mol. The predicted molar refractivity (Wildman–Crippen MR) is 102 cm³/mol. The molecule has 2 N–H and O–H groups in total. The van der Waals surface area contributed by atoms with Crippen LogP contribution in [0.15, 0.2) is 24.3 Å². The maximum Gasteiger partial charge on any atom is 0.355 e. The van der Waals surface area contributed by atoms with Crippen LogP contribution in [0.3, 0.4) is 0 Å². The molecule has 0 spiro atoms. The second kappa shape index (κ2) is 8.98. The summed E-state index contributed by atoms with van der Waals surface area (Å²) in [4.78, 5) is 50.8. The molecule has 8 nitrogen and oxygen atoms in total. The molecule has 0 aliphatic heterocycles. The van der Waals surface area contributed by atoms with E-state index in [1.54, 1.807) is 45.0 Å². The Labute approximate surface area is 162 Å². The van der Waals surface area contributed by atoms with Crippen LogP contribution in [-0.4, -0.2) is 41.8 Å². The molecule has 0 saturated carbocycles. The van der Waals surface area contributed by atoms with Gasteiger partial charge >= 0.3 is 11.9 Å². The average molecular weight is 386 g/mol. The van der Waals surface area contributed by atoms with Gasteiger partial charge in [0.15, 0.2) is 12.4 Å². The van der Waals surface area contributed by atoms with Crippen LogP contribution in [0.1, 0.15) is 56.3 Å². The smallest absolute Gasteiger partial charge is 0.355 e. The highest BCUT2D eigenvalue weighted by atomic mass is 16.5. The van der Waals surface area contributed by atoms with Crippen molar-refractivity contribution in [2.24, 2.45) is 0 Å². The molecule has 2 aromatic rings. The standard InChI is InChI=1S/C20H22N2O6/c1-5-27-19(25)17-11(2)18(21-12(17)3)20(26)28-10-16(24)22-15-9-7-6-8-14(15)13(4)23/h6-9,21H,5,10H2,1-4H3,(H,22,24). The summed E-state index contributed by atoms with van der Waals surface area (Å²) in [6.45, 7) is 5.98. The number of rotatable bonds is 7. The third kappa shape index (κ3) is 4.64. The van der Waals surface area contributed by atoms with Crippen LogP contribution in [0, 0.1) is 13.8 Å². The molecule has 0 atom stereocenters. The van der Waals surface area contributed by atoms with E-state index >= 15 is 0 Å². The van der Waals surface area contributed by atoms with Crippen molar-refractivity contribution >= 4 is 29.3 Å². The minimum atomic E-state index is -0.772. The highest BCUT2D eigenvalue weighted by Crippen LogP contribution is 2.20. The summed E-state index contributed by atoms with van der Waals surface area (Å²) in [6, 6.07) is 6.53. The lowest BCUT2D eigenvalue weighted by molar-refractivity contribution is -0.119. The van der Waals surface area contributed by atoms with Gasteiger partial charge in [-0.25, -0.2) is 9.59 Å². The molecule has 148 valence electrons. The molecule has 28 heavy (non-hydrogen) atoms. The van der Waals surface area contributed by atoms with Crippen molar-refractivity contribution in [1.82, 2.24) is 4.98 Å². The number of ether oxygens (including phenoxy) is 2. The van der Waals surface area contributed by atoms with Gasteiger partial charge in [0.05, 0.1) is 17.9 Å². The first-order valence-electron chi connectivity index (χ1n) is 8.69. The highest BCUT2D eigenvalue weighted by molar-refractivity contribution is 6.04. The number of amides is 1. The second-order valence-electron chi connectivity index (χ2n) is 6.07. The van der Waals surface area contributed by atoms with Crippen molar-refractivity contribution in [3.05, 3.63) is 52.3 Å². The summed E-state index contributed by atoms with van der Waals surface area (Å²) in [7, 11) is 0. The molecule has 0 aliphatic rings. The Morgan fingerprint density at radius 2 is 1.71 bits per heavy atom. The van der Waals surface area contributed by atoms with E-state index in [4.69, 9.17) is 9.47 Å². The van der Waals surface area contributed by atoms with Gasteiger partial charge in [-0.05, 0) is 45.4 Å². The fourth-order valence-electron chi connectivity index (χ4n) is 2.75. The van der Waals surface area contributed by atoms with Crippen molar-refractivity contribution in [3.8, 4) is 0 Å². The van der Waals surface area contributed by atoms with Gasteiger partial charge in [0.2, 0.25) is 0 Å². The van der Waals surface area contributed by atoms with Crippen molar-refractivity contribution in [3.63, 3.8) is 0 Å². The topological polar surface area (TPSA) is 115 Å². The highest BCUT2D eigenvalue weighted by Gasteiger charge is 2.24. The number of para-hydroxylation sites is 1. The Morgan fingerprint density at radius 1 is 1.04 bits per heavy atom. The number of anilines is 1. The maximum absolute atomic E-state index is 12.3. The zero-order valence-corrected chi connectivity index (χ0v) is 16.2. The fraction of sp³-hybridized carbons (Fsp3) is 0.300. The van der Waals surface area contributed by atoms with Gasteiger partial charge in [0.1, 0.15) is 5.69 Å². The van der Waals surface area contributed by atoms with Crippen LogP contribution >= 0.6 is 0 Å². The molecular formula is C20H22N2O6. The summed E-state index contributed by atoms with van der Waals surface area (Å²) in [5.41, 5.74) is 1.92. The summed E-state index contributed by atoms with van der Waals surface area (Å²) >= 11 is 0. The second-order valence-corrected chi connectivity index (χ2v) is 6.07. The van der Waals surface area contributed by atoms with Crippen molar-refractivity contribution < 1.29 is 28.7 Å². The molecule has 1 aromatic heterocycles. The largest absolute Gasteiger partial charge is 0.462 e. The number of nitrogens with one attached hydrogen (secondary N) is 2. The van der Waals surface area contributed by atoms with E-state index in [9.17, 15) is 19.2 Å². The molecule has 1 amide bonds. The molecule has 8 heteroatoms. The molecular weight excluding hydrogens is 364 g/mol.